The molecule has 3 rings (SSSR count). The molecule has 5 nitrogen and oxygen atoms in total. The van der Waals surface area contributed by atoms with Gasteiger partial charge in [0.25, 0.3) is 0 Å². The zero-order valence-electron chi connectivity index (χ0n) is 11.1. The van der Waals surface area contributed by atoms with Crippen LogP contribution in [0.4, 0.5) is 0 Å². The van der Waals surface area contributed by atoms with Gasteiger partial charge in [-0.25, -0.2) is 0 Å². The van der Waals surface area contributed by atoms with Crippen molar-refractivity contribution < 1.29 is 9.26 Å². The van der Waals surface area contributed by atoms with Gasteiger partial charge < -0.3 is 14.6 Å². The lowest BCUT2D eigenvalue weighted by atomic mass is 9.93. The molecule has 2 aliphatic rings. The monoisotopic (exact) mass is 251 g/mol. The smallest absolute Gasteiger partial charge is 0.229 e. The molecular formula is C13H21N3O2. The van der Waals surface area contributed by atoms with Gasteiger partial charge in [-0.3, -0.25) is 0 Å². The normalized spacial score (nSPS) is 37.0. The summed E-state index contributed by atoms with van der Waals surface area (Å²) in [4.78, 5) is 4.59. The lowest BCUT2D eigenvalue weighted by molar-refractivity contribution is 0.00768. The van der Waals surface area contributed by atoms with Crippen LogP contribution >= 0.6 is 0 Å². The molecule has 1 aromatic heterocycles. The summed E-state index contributed by atoms with van der Waals surface area (Å²) < 4.78 is 11.2. The second-order valence-corrected chi connectivity index (χ2v) is 5.72. The minimum absolute atomic E-state index is 0.333. The van der Waals surface area contributed by atoms with E-state index in [-0.39, 0.29) is 5.60 Å². The van der Waals surface area contributed by atoms with Crippen LogP contribution in [0.25, 0.3) is 0 Å². The fraction of sp³-hybridized carbons (Fsp3) is 0.846. The van der Waals surface area contributed by atoms with Crippen molar-refractivity contribution in [2.24, 2.45) is 0 Å². The van der Waals surface area contributed by atoms with E-state index in [4.69, 9.17) is 9.26 Å². The van der Waals surface area contributed by atoms with Crippen molar-refractivity contribution in [1.82, 2.24) is 15.5 Å². The van der Waals surface area contributed by atoms with Crippen LogP contribution in [0.5, 0.6) is 0 Å². The second kappa shape index (κ2) is 4.63. The van der Waals surface area contributed by atoms with Crippen molar-refractivity contribution >= 4 is 0 Å². The first-order valence-corrected chi connectivity index (χ1v) is 6.89. The molecule has 2 fully saturated rings. The molecule has 3 unspecified atom stereocenters. The maximum absolute atomic E-state index is 5.75. The van der Waals surface area contributed by atoms with Crippen LogP contribution in [0, 0.1) is 0 Å². The average Bonchev–Trinajstić information content (AvgIpc) is 2.98. The predicted molar refractivity (Wildman–Crippen MR) is 66.3 cm³/mol. The van der Waals surface area contributed by atoms with Gasteiger partial charge in [-0.1, -0.05) is 5.16 Å². The van der Waals surface area contributed by atoms with Crippen LogP contribution in [0.3, 0.4) is 0 Å². The number of rotatable bonds is 2. The van der Waals surface area contributed by atoms with Crippen LogP contribution < -0.4 is 5.32 Å². The topological polar surface area (TPSA) is 60.2 Å². The van der Waals surface area contributed by atoms with Gasteiger partial charge in [-0.2, -0.15) is 4.98 Å². The molecule has 0 radical (unpaired) electrons. The molecule has 0 aliphatic carbocycles. The first-order valence-electron chi connectivity index (χ1n) is 6.89. The van der Waals surface area contributed by atoms with Gasteiger partial charge in [0.05, 0.1) is 0 Å². The Balaban J connectivity index is 1.76. The van der Waals surface area contributed by atoms with Crippen molar-refractivity contribution in [1.29, 1.82) is 0 Å². The Bertz CT molecular complexity index is 412. The van der Waals surface area contributed by atoms with Crippen molar-refractivity contribution in [3.8, 4) is 0 Å². The summed E-state index contributed by atoms with van der Waals surface area (Å²) in [6.07, 6.45) is 4.20. The van der Waals surface area contributed by atoms with Crippen molar-refractivity contribution in [2.75, 3.05) is 13.2 Å². The Morgan fingerprint density at radius 2 is 2.33 bits per heavy atom. The minimum atomic E-state index is -0.333. The SMILES string of the molecule is CC1CC(c2nc(C3(C)CCCO3)no2)CCN1. The average molecular weight is 251 g/mol. The standard InChI is InChI=1S/C13H21N3O2/c1-9-8-10(4-6-14-9)11-15-12(16-18-11)13(2)5-3-7-17-13/h9-10,14H,3-8H2,1-2H3. The number of ether oxygens (including phenoxy) is 1. The lowest BCUT2D eigenvalue weighted by Crippen LogP contribution is -2.35. The number of nitrogens with one attached hydrogen (secondary N) is 1. The molecule has 0 bridgehead atoms. The Hall–Kier alpha value is -0.940. The van der Waals surface area contributed by atoms with E-state index in [1.807, 2.05) is 0 Å². The highest BCUT2D eigenvalue weighted by molar-refractivity contribution is 5.05. The number of aromatic nitrogens is 2. The molecule has 18 heavy (non-hydrogen) atoms. The van der Waals surface area contributed by atoms with Crippen LogP contribution in [-0.2, 0) is 10.3 Å². The van der Waals surface area contributed by atoms with Crippen LogP contribution in [0.2, 0.25) is 0 Å². The Labute approximate surface area is 107 Å². The highest BCUT2D eigenvalue weighted by Crippen LogP contribution is 2.35. The van der Waals surface area contributed by atoms with Gasteiger partial charge in [0.1, 0.15) is 5.60 Å². The van der Waals surface area contributed by atoms with E-state index in [1.165, 1.54) is 0 Å². The number of hydrogen-bond acceptors (Lipinski definition) is 5. The summed E-state index contributed by atoms with van der Waals surface area (Å²) in [5.41, 5.74) is -0.333. The van der Waals surface area contributed by atoms with Crippen molar-refractivity contribution in [2.45, 2.75) is 57.1 Å². The van der Waals surface area contributed by atoms with Crippen molar-refractivity contribution in [3.63, 3.8) is 0 Å². The lowest BCUT2D eigenvalue weighted by Gasteiger charge is -2.25. The maximum atomic E-state index is 5.75. The van der Waals surface area contributed by atoms with Gasteiger partial charge in [0.2, 0.25) is 11.7 Å². The molecule has 1 N–H and O–H groups in total. The van der Waals surface area contributed by atoms with E-state index in [9.17, 15) is 0 Å². The molecule has 0 spiro atoms. The van der Waals surface area contributed by atoms with Gasteiger partial charge in [-0.05, 0) is 46.1 Å². The van der Waals surface area contributed by atoms with Crippen LogP contribution in [-0.4, -0.2) is 29.3 Å². The largest absolute Gasteiger partial charge is 0.367 e. The highest BCUT2D eigenvalue weighted by atomic mass is 16.5. The molecule has 0 amide bonds. The summed E-state index contributed by atoms with van der Waals surface area (Å²) in [5.74, 6) is 1.91. The van der Waals surface area contributed by atoms with Gasteiger partial charge in [0, 0.05) is 18.6 Å². The third kappa shape index (κ3) is 2.17. The third-order valence-electron chi connectivity index (χ3n) is 4.11. The maximum Gasteiger partial charge on any atom is 0.229 e. The van der Waals surface area contributed by atoms with Gasteiger partial charge in [0.15, 0.2) is 0 Å². The zero-order chi connectivity index (χ0) is 12.6. The summed E-state index contributed by atoms with van der Waals surface area (Å²) >= 11 is 0. The predicted octanol–water partition coefficient (Wildman–Crippen LogP) is 1.95. The number of piperidine rings is 1. The molecule has 3 heterocycles. The van der Waals surface area contributed by atoms with E-state index < -0.39 is 0 Å². The minimum Gasteiger partial charge on any atom is -0.367 e. The molecule has 2 aliphatic heterocycles. The second-order valence-electron chi connectivity index (χ2n) is 5.72. The molecule has 1 aromatic rings. The Morgan fingerprint density at radius 1 is 1.44 bits per heavy atom. The first-order chi connectivity index (χ1) is 8.67. The van der Waals surface area contributed by atoms with Gasteiger partial charge in [-0.15, -0.1) is 0 Å². The molecule has 100 valence electrons. The molecule has 2 saturated heterocycles. The number of hydrogen-bond donors (Lipinski definition) is 1. The third-order valence-corrected chi connectivity index (χ3v) is 4.11. The van der Waals surface area contributed by atoms with Crippen LogP contribution in [0.15, 0.2) is 4.52 Å². The molecule has 5 heteroatoms. The van der Waals surface area contributed by atoms with E-state index in [2.05, 4.69) is 29.3 Å². The Morgan fingerprint density at radius 3 is 3.06 bits per heavy atom. The fourth-order valence-electron chi connectivity index (χ4n) is 2.93. The zero-order valence-corrected chi connectivity index (χ0v) is 11.1. The summed E-state index contributed by atoms with van der Waals surface area (Å²) in [6.45, 7) is 6.08. The molecular weight excluding hydrogens is 230 g/mol. The van der Waals surface area contributed by atoms with E-state index in [1.54, 1.807) is 0 Å². The summed E-state index contributed by atoms with van der Waals surface area (Å²) in [5, 5.41) is 7.58. The first kappa shape index (κ1) is 12.1. The summed E-state index contributed by atoms with van der Waals surface area (Å²) in [7, 11) is 0. The fourth-order valence-corrected chi connectivity index (χ4v) is 2.93. The van der Waals surface area contributed by atoms with E-state index in [0.29, 0.717) is 12.0 Å². The van der Waals surface area contributed by atoms with Crippen LogP contribution in [0.1, 0.15) is 57.2 Å². The highest BCUT2D eigenvalue weighted by Gasteiger charge is 2.37. The summed E-state index contributed by atoms with van der Waals surface area (Å²) in [6, 6.07) is 0.525. The number of nitrogens with zero attached hydrogens (tertiary/aromatic N) is 2. The van der Waals surface area contributed by atoms with Gasteiger partial charge >= 0.3 is 0 Å². The molecule has 3 atom stereocenters. The van der Waals surface area contributed by atoms with E-state index >= 15 is 0 Å². The quantitative estimate of drug-likeness (QED) is 0.870. The Kier molecular flexibility index (Phi) is 3.11. The molecule has 0 saturated carbocycles. The molecule has 0 aromatic carbocycles. The van der Waals surface area contributed by atoms with Crippen molar-refractivity contribution in [3.05, 3.63) is 11.7 Å². The van der Waals surface area contributed by atoms with E-state index in [0.717, 1.165) is 50.6 Å².